The Balaban J connectivity index is 1.98. The summed E-state index contributed by atoms with van der Waals surface area (Å²) in [6.45, 7) is 10.1. The zero-order chi connectivity index (χ0) is 18.2. The van der Waals surface area contributed by atoms with Gasteiger partial charge in [0, 0.05) is 17.1 Å². The third kappa shape index (κ3) is 5.61. The van der Waals surface area contributed by atoms with Crippen molar-refractivity contribution in [2.75, 3.05) is 32.8 Å². The lowest BCUT2D eigenvalue weighted by Gasteiger charge is -2.23. The highest BCUT2D eigenvalue weighted by Gasteiger charge is 2.23. The van der Waals surface area contributed by atoms with Gasteiger partial charge in [0.05, 0.1) is 19.6 Å². The molecule has 2 rings (SSSR count). The number of ether oxygens (including phenoxy) is 2. The standard InChI is InChI=1S/C19H29BrN2O3/c1-4-22-9-7-8-15(22)13-21-19(23)11-14-10-17(24-5-2)18(25-6-3)12-16(14)20/h10,12,15H,4-9,11,13H2,1-3H3,(H,21,23). The van der Waals surface area contributed by atoms with Crippen molar-refractivity contribution in [3.63, 3.8) is 0 Å². The van der Waals surface area contributed by atoms with Crippen LogP contribution in [-0.4, -0.2) is 49.7 Å². The molecule has 1 heterocycles. The number of carbonyl (C=O) groups is 1. The molecule has 1 aliphatic rings. The molecule has 1 atom stereocenters. The SMILES string of the molecule is CCOc1cc(Br)c(CC(=O)NCC2CCCN2CC)cc1OCC. The summed E-state index contributed by atoms with van der Waals surface area (Å²) in [5.41, 5.74) is 0.906. The molecule has 6 heteroatoms. The summed E-state index contributed by atoms with van der Waals surface area (Å²) < 4.78 is 12.1. The number of nitrogens with zero attached hydrogens (tertiary/aromatic N) is 1. The highest BCUT2D eigenvalue weighted by molar-refractivity contribution is 9.10. The fourth-order valence-electron chi connectivity index (χ4n) is 3.26. The van der Waals surface area contributed by atoms with Gasteiger partial charge in [-0.25, -0.2) is 0 Å². The van der Waals surface area contributed by atoms with Crippen molar-refractivity contribution in [1.82, 2.24) is 10.2 Å². The van der Waals surface area contributed by atoms with Crippen molar-refractivity contribution in [3.05, 3.63) is 22.2 Å². The topological polar surface area (TPSA) is 50.8 Å². The van der Waals surface area contributed by atoms with Gasteiger partial charge in [-0.1, -0.05) is 22.9 Å². The third-order valence-electron chi connectivity index (χ3n) is 4.50. The molecule has 0 spiro atoms. The first-order valence-corrected chi connectivity index (χ1v) is 9.97. The molecule has 1 N–H and O–H groups in total. The van der Waals surface area contributed by atoms with Crippen LogP contribution in [0.3, 0.4) is 0 Å². The minimum absolute atomic E-state index is 0.0373. The lowest BCUT2D eigenvalue weighted by molar-refractivity contribution is -0.120. The summed E-state index contributed by atoms with van der Waals surface area (Å²) in [7, 11) is 0. The Morgan fingerprint density at radius 3 is 2.56 bits per heavy atom. The van der Waals surface area contributed by atoms with Gasteiger partial charge in [-0.15, -0.1) is 0 Å². The molecular weight excluding hydrogens is 384 g/mol. The molecule has 140 valence electrons. The van der Waals surface area contributed by atoms with E-state index in [4.69, 9.17) is 9.47 Å². The van der Waals surface area contributed by atoms with Crippen LogP contribution in [0.5, 0.6) is 11.5 Å². The first-order chi connectivity index (χ1) is 12.1. The summed E-state index contributed by atoms with van der Waals surface area (Å²) >= 11 is 3.55. The Labute approximate surface area is 159 Å². The van der Waals surface area contributed by atoms with E-state index in [0.717, 1.165) is 36.1 Å². The van der Waals surface area contributed by atoms with E-state index in [9.17, 15) is 4.79 Å². The van der Waals surface area contributed by atoms with E-state index in [0.29, 0.717) is 37.2 Å². The molecule has 1 aliphatic heterocycles. The van der Waals surface area contributed by atoms with Crippen LogP contribution in [0.1, 0.15) is 39.2 Å². The predicted molar refractivity (Wildman–Crippen MR) is 103 cm³/mol. The van der Waals surface area contributed by atoms with Crippen molar-refractivity contribution >= 4 is 21.8 Å². The summed E-state index contributed by atoms with van der Waals surface area (Å²) in [5, 5.41) is 3.08. The Morgan fingerprint density at radius 2 is 1.92 bits per heavy atom. The van der Waals surface area contributed by atoms with Crippen molar-refractivity contribution in [1.29, 1.82) is 0 Å². The summed E-state index contributed by atoms with van der Waals surface area (Å²) in [4.78, 5) is 14.8. The zero-order valence-electron chi connectivity index (χ0n) is 15.4. The van der Waals surface area contributed by atoms with E-state index < -0.39 is 0 Å². The summed E-state index contributed by atoms with van der Waals surface area (Å²) in [5.74, 6) is 1.42. The lowest BCUT2D eigenvalue weighted by Crippen LogP contribution is -2.40. The maximum atomic E-state index is 12.4. The predicted octanol–water partition coefficient (Wildman–Crippen LogP) is 3.39. The van der Waals surface area contributed by atoms with Gasteiger partial charge < -0.3 is 14.8 Å². The van der Waals surface area contributed by atoms with Gasteiger partial charge in [-0.2, -0.15) is 0 Å². The highest BCUT2D eigenvalue weighted by Crippen LogP contribution is 2.34. The molecule has 1 aromatic rings. The fourth-order valence-corrected chi connectivity index (χ4v) is 3.72. The minimum Gasteiger partial charge on any atom is -0.490 e. The number of rotatable bonds is 9. The van der Waals surface area contributed by atoms with Gasteiger partial charge in [-0.05, 0) is 57.5 Å². The Bertz CT molecular complexity index is 580. The first-order valence-electron chi connectivity index (χ1n) is 9.17. The van der Waals surface area contributed by atoms with Gasteiger partial charge in [0.1, 0.15) is 0 Å². The van der Waals surface area contributed by atoms with E-state index in [-0.39, 0.29) is 5.91 Å². The maximum absolute atomic E-state index is 12.4. The van der Waals surface area contributed by atoms with E-state index >= 15 is 0 Å². The molecule has 1 aromatic carbocycles. The molecule has 1 fully saturated rings. The lowest BCUT2D eigenvalue weighted by atomic mass is 10.1. The zero-order valence-corrected chi connectivity index (χ0v) is 17.0. The second-order valence-corrected chi connectivity index (χ2v) is 7.02. The van der Waals surface area contributed by atoms with Crippen LogP contribution in [0, 0.1) is 0 Å². The smallest absolute Gasteiger partial charge is 0.224 e. The molecule has 0 radical (unpaired) electrons. The number of amides is 1. The van der Waals surface area contributed by atoms with Crippen LogP contribution < -0.4 is 14.8 Å². The molecule has 0 aliphatic carbocycles. The average molecular weight is 413 g/mol. The number of hydrogen-bond donors (Lipinski definition) is 1. The van der Waals surface area contributed by atoms with Crippen molar-refractivity contribution in [2.45, 2.75) is 46.1 Å². The number of carbonyl (C=O) groups excluding carboxylic acids is 1. The second-order valence-electron chi connectivity index (χ2n) is 6.16. The van der Waals surface area contributed by atoms with E-state index in [1.54, 1.807) is 0 Å². The van der Waals surface area contributed by atoms with E-state index in [1.807, 2.05) is 26.0 Å². The van der Waals surface area contributed by atoms with Crippen molar-refractivity contribution in [2.24, 2.45) is 0 Å². The number of likely N-dealkylation sites (N-methyl/N-ethyl adjacent to an activating group) is 1. The van der Waals surface area contributed by atoms with Gasteiger partial charge in [0.15, 0.2) is 11.5 Å². The number of likely N-dealkylation sites (tertiary alicyclic amines) is 1. The summed E-state index contributed by atoms with van der Waals surface area (Å²) in [6, 6.07) is 4.25. The number of benzene rings is 1. The molecule has 0 bridgehead atoms. The Kier molecular flexibility index (Phi) is 8.03. The molecule has 5 nitrogen and oxygen atoms in total. The molecule has 0 saturated carbocycles. The van der Waals surface area contributed by atoms with Crippen LogP contribution in [-0.2, 0) is 11.2 Å². The van der Waals surface area contributed by atoms with Crippen LogP contribution in [0.4, 0.5) is 0 Å². The van der Waals surface area contributed by atoms with Gasteiger partial charge in [-0.3, -0.25) is 9.69 Å². The largest absolute Gasteiger partial charge is 0.490 e. The highest BCUT2D eigenvalue weighted by atomic mass is 79.9. The minimum atomic E-state index is 0.0373. The normalized spacial score (nSPS) is 17.5. The van der Waals surface area contributed by atoms with Gasteiger partial charge in [0.2, 0.25) is 5.91 Å². The third-order valence-corrected chi connectivity index (χ3v) is 5.24. The Morgan fingerprint density at radius 1 is 1.24 bits per heavy atom. The number of halogens is 1. The van der Waals surface area contributed by atoms with Crippen molar-refractivity contribution in [3.8, 4) is 11.5 Å². The van der Waals surface area contributed by atoms with Crippen LogP contribution in [0.15, 0.2) is 16.6 Å². The first kappa shape index (κ1) is 20.0. The average Bonchev–Trinajstić information content (AvgIpc) is 3.05. The molecular formula is C19H29BrN2O3. The second kappa shape index (κ2) is 10.0. The monoisotopic (exact) mass is 412 g/mol. The van der Waals surface area contributed by atoms with E-state index in [1.165, 1.54) is 6.42 Å². The quantitative estimate of drug-likeness (QED) is 0.675. The number of nitrogens with one attached hydrogen (secondary N) is 1. The van der Waals surface area contributed by atoms with Crippen molar-refractivity contribution < 1.29 is 14.3 Å². The van der Waals surface area contributed by atoms with Crippen LogP contribution in [0.25, 0.3) is 0 Å². The fraction of sp³-hybridized carbons (Fsp3) is 0.632. The maximum Gasteiger partial charge on any atom is 0.224 e. The van der Waals surface area contributed by atoms with E-state index in [2.05, 4.69) is 33.1 Å². The number of hydrogen-bond acceptors (Lipinski definition) is 4. The van der Waals surface area contributed by atoms with Crippen LogP contribution >= 0.6 is 15.9 Å². The molecule has 1 saturated heterocycles. The Hall–Kier alpha value is -1.27. The molecule has 0 aromatic heterocycles. The molecule has 1 unspecified atom stereocenters. The molecule has 1 amide bonds. The summed E-state index contributed by atoms with van der Waals surface area (Å²) in [6.07, 6.45) is 2.71. The van der Waals surface area contributed by atoms with Gasteiger partial charge in [0.25, 0.3) is 0 Å². The molecule has 25 heavy (non-hydrogen) atoms. The van der Waals surface area contributed by atoms with Crippen LogP contribution in [0.2, 0.25) is 0 Å². The van der Waals surface area contributed by atoms with Gasteiger partial charge >= 0.3 is 0 Å².